The van der Waals surface area contributed by atoms with E-state index < -0.39 is 5.69 Å². The van der Waals surface area contributed by atoms with Crippen molar-refractivity contribution in [2.45, 2.75) is 32.9 Å². The molecule has 0 radical (unpaired) electrons. The second-order valence-electron chi connectivity index (χ2n) is 6.92. The zero-order valence-electron chi connectivity index (χ0n) is 16.9. The molecule has 1 amide bonds. The molecule has 0 saturated heterocycles. The summed E-state index contributed by atoms with van der Waals surface area (Å²) >= 11 is 1.28. The average molecular weight is 416 g/mol. The molecule has 0 N–H and O–H groups in total. The molecule has 0 aliphatic carbocycles. The molecule has 0 aliphatic rings. The van der Waals surface area contributed by atoms with E-state index in [0.29, 0.717) is 22.5 Å². The Balaban J connectivity index is 2.02. The van der Waals surface area contributed by atoms with Crippen molar-refractivity contribution in [2.75, 3.05) is 20.7 Å². The summed E-state index contributed by atoms with van der Waals surface area (Å²) in [6.45, 7) is 2.72. The summed E-state index contributed by atoms with van der Waals surface area (Å²) in [4.78, 5) is 40.3. The van der Waals surface area contributed by atoms with Gasteiger partial charge in [0.05, 0.1) is 19.2 Å². The molecule has 1 aromatic carbocycles. The van der Waals surface area contributed by atoms with E-state index >= 15 is 0 Å². The minimum atomic E-state index is -0.485. The van der Waals surface area contributed by atoms with Crippen LogP contribution in [0, 0.1) is 0 Å². The summed E-state index contributed by atoms with van der Waals surface area (Å²) in [5.74, 6) is 0.500. The van der Waals surface area contributed by atoms with E-state index in [1.54, 1.807) is 42.6 Å². The zero-order valence-corrected chi connectivity index (χ0v) is 17.7. The molecule has 0 unspecified atom stereocenters. The highest BCUT2D eigenvalue weighted by atomic mass is 32.1. The number of unbranched alkanes of at least 4 members (excludes halogenated alkanes) is 1. The van der Waals surface area contributed by atoms with E-state index in [-0.39, 0.29) is 24.6 Å². The molecule has 154 valence electrons. The Morgan fingerprint density at radius 1 is 1.21 bits per heavy atom. The van der Waals surface area contributed by atoms with Gasteiger partial charge in [0, 0.05) is 13.6 Å². The van der Waals surface area contributed by atoms with Crippen LogP contribution in [-0.4, -0.2) is 40.6 Å². The molecule has 3 rings (SSSR count). The van der Waals surface area contributed by atoms with Crippen LogP contribution in [0.2, 0.25) is 0 Å². The second-order valence-corrected chi connectivity index (χ2v) is 7.83. The number of hydrogen-bond donors (Lipinski definition) is 0. The summed E-state index contributed by atoms with van der Waals surface area (Å²) < 4.78 is 8.28. The first kappa shape index (κ1) is 20.9. The minimum Gasteiger partial charge on any atom is -0.497 e. The number of carbonyl (C=O) groups excluding carboxylic acids is 1. The van der Waals surface area contributed by atoms with Crippen molar-refractivity contribution in [1.82, 2.24) is 14.0 Å². The summed E-state index contributed by atoms with van der Waals surface area (Å²) in [6, 6.07) is 8.96. The maximum atomic E-state index is 13.2. The molecule has 0 saturated carbocycles. The molecule has 2 heterocycles. The van der Waals surface area contributed by atoms with Crippen LogP contribution in [0.25, 0.3) is 10.2 Å². The highest BCUT2D eigenvalue weighted by molar-refractivity contribution is 7.17. The number of methoxy groups -OCH3 is 1. The van der Waals surface area contributed by atoms with Crippen molar-refractivity contribution in [3.8, 4) is 5.75 Å². The van der Waals surface area contributed by atoms with Crippen LogP contribution in [0.3, 0.4) is 0 Å². The van der Waals surface area contributed by atoms with Gasteiger partial charge in [0.1, 0.15) is 17.0 Å². The summed E-state index contributed by atoms with van der Waals surface area (Å²) in [5.41, 5.74) is 0.452. The first-order valence-corrected chi connectivity index (χ1v) is 10.4. The van der Waals surface area contributed by atoms with Gasteiger partial charge in [0.15, 0.2) is 0 Å². The minimum absolute atomic E-state index is 0.0926. The number of likely N-dealkylation sites (N-methyl/N-ethyl adjacent to an activating group) is 1. The van der Waals surface area contributed by atoms with E-state index in [0.717, 1.165) is 18.4 Å². The van der Waals surface area contributed by atoms with Crippen LogP contribution in [0.4, 0.5) is 0 Å². The molecule has 0 spiro atoms. The Morgan fingerprint density at radius 3 is 2.72 bits per heavy atom. The maximum absolute atomic E-state index is 13.2. The molecule has 0 fully saturated rings. The standard InChI is InChI=1S/C21H25N3O4S/c1-4-5-10-22(2)18(25)14-23-17-9-11-29-19(17)20(26)24(21(23)27)13-15-7-6-8-16(12-15)28-3/h6-9,11-12H,4-5,10,13-14H2,1-3H3. The Bertz CT molecular complexity index is 1130. The van der Waals surface area contributed by atoms with E-state index in [4.69, 9.17) is 4.74 Å². The largest absolute Gasteiger partial charge is 0.497 e. The van der Waals surface area contributed by atoms with Crippen LogP contribution < -0.4 is 16.0 Å². The lowest BCUT2D eigenvalue weighted by molar-refractivity contribution is -0.130. The highest BCUT2D eigenvalue weighted by Crippen LogP contribution is 2.17. The predicted octanol–water partition coefficient (Wildman–Crippen LogP) is 2.54. The topological polar surface area (TPSA) is 73.5 Å². The van der Waals surface area contributed by atoms with Crippen molar-refractivity contribution in [3.05, 3.63) is 62.1 Å². The van der Waals surface area contributed by atoms with Gasteiger partial charge in [-0.1, -0.05) is 25.5 Å². The molecule has 0 bridgehead atoms. The summed E-state index contributed by atoms with van der Waals surface area (Å²) in [7, 11) is 3.30. The van der Waals surface area contributed by atoms with Crippen LogP contribution >= 0.6 is 11.3 Å². The molecule has 7 nitrogen and oxygen atoms in total. The van der Waals surface area contributed by atoms with Crippen molar-refractivity contribution in [3.63, 3.8) is 0 Å². The fourth-order valence-corrected chi connectivity index (χ4v) is 4.00. The third kappa shape index (κ3) is 4.42. The van der Waals surface area contributed by atoms with E-state index in [2.05, 4.69) is 6.92 Å². The van der Waals surface area contributed by atoms with Crippen molar-refractivity contribution < 1.29 is 9.53 Å². The maximum Gasteiger partial charge on any atom is 0.332 e. The number of hydrogen-bond acceptors (Lipinski definition) is 5. The van der Waals surface area contributed by atoms with Gasteiger partial charge in [-0.3, -0.25) is 18.7 Å². The number of ether oxygens (including phenoxy) is 1. The fraction of sp³-hybridized carbons (Fsp3) is 0.381. The lowest BCUT2D eigenvalue weighted by Crippen LogP contribution is -2.42. The molecular weight excluding hydrogens is 390 g/mol. The van der Waals surface area contributed by atoms with Crippen LogP contribution in [-0.2, 0) is 17.9 Å². The van der Waals surface area contributed by atoms with Crippen molar-refractivity contribution in [1.29, 1.82) is 0 Å². The molecule has 2 aromatic heterocycles. The molecule has 8 heteroatoms. The Labute approximate surface area is 172 Å². The first-order chi connectivity index (χ1) is 14.0. The molecule has 0 atom stereocenters. The SMILES string of the molecule is CCCCN(C)C(=O)Cn1c(=O)n(Cc2cccc(OC)c2)c(=O)c2sccc21. The lowest BCUT2D eigenvalue weighted by Gasteiger charge is -2.18. The number of benzene rings is 1. The first-order valence-electron chi connectivity index (χ1n) is 9.54. The number of amides is 1. The predicted molar refractivity (Wildman–Crippen MR) is 115 cm³/mol. The average Bonchev–Trinajstić information content (AvgIpc) is 3.22. The zero-order chi connectivity index (χ0) is 21.0. The van der Waals surface area contributed by atoms with Gasteiger partial charge in [-0.2, -0.15) is 0 Å². The molecule has 0 aliphatic heterocycles. The number of fused-ring (bicyclic) bond motifs is 1. The molecular formula is C21H25N3O4S. The Kier molecular flexibility index (Phi) is 6.53. The molecule has 3 aromatic rings. The second kappa shape index (κ2) is 9.09. The van der Waals surface area contributed by atoms with Crippen LogP contribution in [0.15, 0.2) is 45.3 Å². The van der Waals surface area contributed by atoms with Gasteiger partial charge < -0.3 is 9.64 Å². The van der Waals surface area contributed by atoms with Crippen LogP contribution in [0.5, 0.6) is 5.75 Å². The van der Waals surface area contributed by atoms with Gasteiger partial charge in [-0.05, 0) is 35.6 Å². The third-order valence-corrected chi connectivity index (χ3v) is 5.77. The van der Waals surface area contributed by atoms with Crippen LogP contribution in [0.1, 0.15) is 25.3 Å². The van der Waals surface area contributed by atoms with Crippen molar-refractivity contribution >= 4 is 27.5 Å². The monoisotopic (exact) mass is 415 g/mol. The smallest absolute Gasteiger partial charge is 0.332 e. The number of rotatable bonds is 8. The normalized spacial score (nSPS) is 11.0. The van der Waals surface area contributed by atoms with E-state index in [1.165, 1.54) is 20.5 Å². The Hall–Kier alpha value is -2.87. The number of carbonyl (C=O) groups is 1. The summed E-state index contributed by atoms with van der Waals surface area (Å²) in [6.07, 6.45) is 1.89. The Morgan fingerprint density at radius 2 is 2.00 bits per heavy atom. The van der Waals surface area contributed by atoms with Gasteiger partial charge in [0.2, 0.25) is 5.91 Å². The third-order valence-electron chi connectivity index (χ3n) is 4.88. The van der Waals surface area contributed by atoms with E-state index in [1.807, 2.05) is 12.1 Å². The van der Waals surface area contributed by atoms with Gasteiger partial charge >= 0.3 is 5.69 Å². The summed E-state index contributed by atoms with van der Waals surface area (Å²) in [5, 5.41) is 1.77. The van der Waals surface area contributed by atoms with Crippen molar-refractivity contribution in [2.24, 2.45) is 0 Å². The number of nitrogens with zero attached hydrogens (tertiary/aromatic N) is 3. The fourth-order valence-electron chi connectivity index (χ4n) is 3.15. The lowest BCUT2D eigenvalue weighted by atomic mass is 10.2. The number of thiophene rings is 1. The quantitative estimate of drug-likeness (QED) is 0.567. The molecule has 29 heavy (non-hydrogen) atoms. The highest BCUT2D eigenvalue weighted by Gasteiger charge is 2.18. The van der Waals surface area contributed by atoms with Gasteiger partial charge in [-0.15, -0.1) is 11.3 Å². The van der Waals surface area contributed by atoms with Gasteiger partial charge in [-0.25, -0.2) is 4.79 Å². The van der Waals surface area contributed by atoms with Gasteiger partial charge in [0.25, 0.3) is 5.56 Å². The van der Waals surface area contributed by atoms with E-state index in [9.17, 15) is 14.4 Å². The number of aromatic nitrogens is 2.